The normalized spacial score (nSPS) is 13.7. The Morgan fingerprint density at radius 1 is 0.938 bits per heavy atom. The van der Waals surface area contributed by atoms with Crippen LogP contribution < -0.4 is 18.9 Å². The Hall–Kier alpha value is -3.15. The van der Waals surface area contributed by atoms with Crippen molar-refractivity contribution >= 4 is 35.1 Å². The summed E-state index contributed by atoms with van der Waals surface area (Å²) >= 11 is 12.0. The predicted molar refractivity (Wildman–Crippen MR) is 124 cm³/mol. The van der Waals surface area contributed by atoms with E-state index in [1.807, 2.05) is 13.0 Å². The van der Waals surface area contributed by atoms with Crippen LogP contribution in [-0.2, 0) is 6.61 Å². The zero-order chi connectivity index (χ0) is 22.8. The van der Waals surface area contributed by atoms with E-state index in [-0.39, 0.29) is 11.5 Å². The molecule has 0 spiro atoms. The van der Waals surface area contributed by atoms with Crippen molar-refractivity contribution in [3.05, 3.63) is 86.6 Å². The van der Waals surface area contributed by atoms with E-state index in [9.17, 15) is 4.79 Å². The van der Waals surface area contributed by atoms with Gasteiger partial charge >= 0.3 is 0 Å². The van der Waals surface area contributed by atoms with Crippen LogP contribution in [0.5, 0.6) is 23.0 Å². The lowest BCUT2D eigenvalue weighted by Crippen LogP contribution is -1.99. The molecule has 5 nitrogen and oxygen atoms in total. The molecule has 0 saturated carbocycles. The molecule has 1 aliphatic rings. The van der Waals surface area contributed by atoms with Crippen molar-refractivity contribution in [1.29, 1.82) is 0 Å². The minimum atomic E-state index is -0.205. The van der Waals surface area contributed by atoms with Crippen LogP contribution in [0.15, 0.2) is 54.3 Å². The molecule has 7 heteroatoms. The molecule has 3 aromatic carbocycles. The van der Waals surface area contributed by atoms with Gasteiger partial charge in [-0.2, -0.15) is 0 Å². The van der Waals surface area contributed by atoms with E-state index < -0.39 is 0 Å². The number of ketones is 1. The quantitative estimate of drug-likeness (QED) is 0.384. The van der Waals surface area contributed by atoms with Gasteiger partial charge in [0, 0.05) is 11.1 Å². The van der Waals surface area contributed by atoms with Crippen LogP contribution in [0.4, 0.5) is 0 Å². The van der Waals surface area contributed by atoms with Crippen molar-refractivity contribution in [3.63, 3.8) is 0 Å². The molecular formula is C25H20Cl2O5. The van der Waals surface area contributed by atoms with Gasteiger partial charge < -0.3 is 18.9 Å². The number of carbonyl (C=O) groups is 1. The monoisotopic (exact) mass is 470 g/mol. The fourth-order valence-electron chi connectivity index (χ4n) is 3.41. The first kappa shape index (κ1) is 22.1. The number of rotatable bonds is 6. The van der Waals surface area contributed by atoms with Crippen molar-refractivity contribution in [3.8, 4) is 23.0 Å². The molecule has 0 aromatic heterocycles. The number of halogens is 2. The van der Waals surface area contributed by atoms with Gasteiger partial charge in [-0.25, -0.2) is 0 Å². The van der Waals surface area contributed by atoms with Gasteiger partial charge in [0.05, 0.1) is 29.8 Å². The number of ether oxygens (including phenoxy) is 4. The van der Waals surface area contributed by atoms with E-state index in [0.29, 0.717) is 50.8 Å². The number of hydrogen-bond acceptors (Lipinski definition) is 5. The highest BCUT2D eigenvalue weighted by molar-refractivity contribution is 6.42. The van der Waals surface area contributed by atoms with E-state index in [1.54, 1.807) is 62.8 Å². The summed E-state index contributed by atoms with van der Waals surface area (Å²) < 4.78 is 22.6. The molecule has 0 atom stereocenters. The highest BCUT2D eigenvalue weighted by Crippen LogP contribution is 2.40. The summed E-state index contributed by atoms with van der Waals surface area (Å²) in [7, 11) is 3.15. The molecule has 3 aromatic rings. The van der Waals surface area contributed by atoms with Crippen LogP contribution in [0.2, 0.25) is 10.0 Å². The third-order valence-corrected chi connectivity index (χ3v) is 5.88. The molecule has 0 unspecified atom stereocenters. The van der Waals surface area contributed by atoms with Crippen LogP contribution >= 0.6 is 23.2 Å². The zero-order valence-electron chi connectivity index (χ0n) is 17.7. The lowest BCUT2D eigenvalue weighted by Gasteiger charge is -2.12. The van der Waals surface area contributed by atoms with Crippen molar-refractivity contribution in [2.24, 2.45) is 0 Å². The summed E-state index contributed by atoms with van der Waals surface area (Å²) in [5, 5.41) is 0.957. The van der Waals surface area contributed by atoms with E-state index in [0.717, 1.165) is 11.1 Å². The maximum atomic E-state index is 12.9. The van der Waals surface area contributed by atoms with Gasteiger partial charge in [-0.15, -0.1) is 0 Å². The topological polar surface area (TPSA) is 54.0 Å². The number of benzene rings is 3. The van der Waals surface area contributed by atoms with E-state index in [4.69, 9.17) is 42.1 Å². The molecule has 0 fully saturated rings. The summed E-state index contributed by atoms with van der Waals surface area (Å²) in [5.41, 5.74) is 2.77. The molecule has 164 valence electrons. The molecule has 0 N–H and O–H groups in total. The van der Waals surface area contributed by atoms with Crippen molar-refractivity contribution in [1.82, 2.24) is 0 Å². The van der Waals surface area contributed by atoms with Gasteiger partial charge in [0.2, 0.25) is 5.78 Å². The second-order valence-corrected chi connectivity index (χ2v) is 7.96. The number of Topliss-reactive ketones (excluding diaryl/α,β-unsaturated/α-hetero) is 1. The fourth-order valence-corrected chi connectivity index (χ4v) is 3.73. The Morgan fingerprint density at radius 2 is 1.72 bits per heavy atom. The van der Waals surface area contributed by atoms with E-state index in [1.165, 1.54) is 0 Å². The number of allylic oxidation sites excluding steroid dienone is 1. The summed E-state index contributed by atoms with van der Waals surface area (Å²) in [5.74, 6) is 2.35. The molecule has 32 heavy (non-hydrogen) atoms. The average molecular weight is 471 g/mol. The third-order valence-electron chi connectivity index (χ3n) is 5.14. The molecule has 1 aliphatic heterocycles. The molecule has 0 amide bonds. The second-order valence-electron chi connectivity index (χ2n) is 7.15. The standard InChI is InChI=1S/C25H20Cl2O5/c1-14-21(31-13-15-4-7-19(26)20(27)10-15)9-6-18-24(28)23(32-25(14)18)12-16-11-17(29-2)5-8-22(16)30-3/h4-12H,13H2,1-3H3/b23-12-. The predicted octanol–water partition coefficient (Wildman–Crippen LogP) is 6.51. The summed E-state index contributed by atoms with van der Waals surface area (Å²) in [4.78, 5) is 12.9. The largest absolute Gasteiger partial charge is 0.497 e. The summed E-state index contributed by atoms with van der Waals surface area (Å²) in [6.07, 6.45) is 1.65. The van der Waals surface area contributed by atoms with Crippen molar-refractivity contribution in [2.45, 2.75) is 13.5 Å². The number of methoxy groups -OCH3 is 2. The smallest absolute Gasteiger partial charge is 0.231 e. The van der Waals surface area contributed by atoms with Crippen LogP contribution in [0.25, 0.3) is 6.08 Å². The maximum Gasteiger partial charge on any atom is 0.231 e. The zero-order valence-corrected chi connectivity index (χ0v) is 19.2. The van der Waals surface area contributed by atoms with E-state index >= 15 is 0 Å². The average Bonchev–Trinajstić information content (AvgIpc) is 3.11. The Kier molecular flexibility index (Phi) is 6.31. The minimum absolute atomic E-state index is 0.205. The Labute approximate surface area is 196 Å². The van der Waals surface area contributed by atoms with Crippen LogP contribution in [0, 0.1) is 6.92 Å². The number of fused-ring (bicyclic) bond motifs is 1. The first-order valence-electron chi connectivity index (χ1n) is 9.78. The van der Waals surface area contributed by atoms with Crippen LogP contribution in [0.1, 0.15) is 27.0 Å². The lowest BCUT2D eigenvalue weighted by atomic mass is 10.1. The molecule has 0 bridgehead atoms. The molecule has 0 aliphatic carbocycles. The van der Waals surface area contributed by atoms with Gasteiger partial charge in [-0.3, -0.25) is 4.79 Å². The van der Waals surface area contributed by atoms with E-state index in [2.05, 4.69) is 0 Å². The van der Waals surface area contributed by atoms with Crippen LogP contribution in [0.3, 0.4) is 0 Å². The highest BCUT2D eigenvalue weighted by atomic mass is 35.5. The van der Waals surface area contributed by atoms with Gasteiger partial charge in [0.1, 0.15) is 29.6 Å². The fraction of sp³-hybridized carbons (Fsp3) is 0.160. The second kappa shape index (κ2) is 9.15. The molecule has 1 heterocycles. The molecule has 0 saturated heterocycles. The first-order chi connectivity index (χ1) is 15.4. The lowest BCUT2D eigenvalue weighted by molar-refractivity contribution is 0.101. The molecular weight excluding hydrogens is 451 g/mol. The Morgan fingerprint density at radius 3 is 2.44 bits per heavy atom. The first-order valence-corrected chi connectivity index (χ1v) is 10.5. The van der Waals surface area contributed by atoms with Crippen LogP contribution in [-0.4, -0.2) is 20.0 Å². The van der Waals surface area contributed by atoms with Gasteiger partial charge in [0.25, 0.3) is 0 Å². The van der Waals surface area contributed by atoms with Crippen molar-refractivity contribution < 1.29 is 23.7 Å². The Balaban J connectivity index is 1.59. The third kappa shape index (κ3) is 4.27. The number of hydrogen-bond donors (Lipinski definition) is 0. The highest BCUT2D eigenvalue weighted by Gasteiger charge is 2.30. The Bertz CT molecular complexity index is 1230. The van der Waals surface area contributed by atoms with Gasteiger partial charge in [0.15, 0.2) is 5.76 Å². The van der Waals surface area contributed by atoms with Gasteiger partial charge in [-0.1, -0.05) is 29.3 Å². The minimum Gasteiger partial charge on any atom is -0.497 e. The number of carbonyl (C=O) groups excluding carboxylic acids is 1. The molecule has 0 radical (unpaired) electrons. The van der Waals surface area contributed by atoms with Crippen molar-refractivity contribution in [2.75, 3.05) is 14.2 Å². The summed E-state index contributed by atoms with van der Waals surface area (Å²) in [6.45, 7) is 2.15. The maximum absolute atomic E-state index is 12.9. The molecule has 4 rings (SSSR count). The SMILES string of the molecule is COc1ccc(OC)c(/C=C2\Oc3c(ccc(OCc4ccc(Cl)c(Cl)c4)c3C)C2=O)c1. The summed E-state index contributed by atoms with van der Waals surface area (Å²) in [6, 6.07) is 14.1. The van der Waals surface area contributed by atoms with Gasteiger partial charge in [-0.05, 0) is 61.0 Å².